The number of nitrogens with zero attached hydrogens (tertiary/aromatic N) is 2. The third kappa shape index (κ3) is 4.36. The van der Waals surface area contributed by atoms with Crippen LogP contribution in [-0.2, 0) is 5.41 Å². The SMILES string of the molecule is CC(C)(CN=C(N)Nc1ccccn1)c1ccc(Cl)c(Cl)c1. The summed E-state index contributed by atoms with van der Waals surface area (Å²) in [6.07, 6.45) is 1.69. The molecule has 0 radical (unpaired) electrons. The molecule has 0 saturated heterocycles. The first-order chi connectivity index (χ1) is 10.4. The van der Waals surface area contributed by atoms with Crippen LogP contribution in [0.5, 0.6) is 0 Å². The molecule has 0 aliphatic heterocycles. The Morgan fingerprint density at radius 2 is 2.00 bits per heavy atom. The zero-order valence-corrected chi connectivity index (χ0v) is 14.0. The van der Waals surface area contributed by atoms with Gasteiger partial charge in [-0.05, 0) is 29.8 Å². The highest BCUT2D eigenvalue weighted by atomic mass is 35.5. The van der Waals surface area contributed by atoms with Crippen molar-refractivity contribution < 1.29 is 0 Å². The van der Waals surface area contributed by atoms with Crippen molar-refractivity contribution in [1.29, 1.82) is 0 Å². The number of aliphatic imine (C=N–C) groups is 1. The maximum Gasteiger partial charge on any atom is 0.194 e. The molecule has 4 nitrogen and oxygen atoms in total. The maximum absolute atomic E-state index is 6.08. The van der Waals surface area contributed by atoms with Gasteiger partial charge in [0.15, 0.2) is 5.96 Å². The minimum Gasteiger partial charge on any atom is -0.370 e. The van der Waals surface area contributed by atoms with Crippen LogP contribution >= 0.6 is 23.2 Å². The second kappa shape index (κ2) is 6.99. The normalized spacial score (nSPS) is 12.3. The van der Waals surface area contributed by atoms with Crippen LogP contribution in [0.25, 0.3) is 0 Å². The molecule has 0 aliphatic rings. The number of nitrogens with two attached hydrogens (primary N) is 1. The van der Waals surface area contributed by atoms with Crippen LogP contribution in [0.1, 0.15) is 19.4 Å². The van der Waals surface area contributed by atoms with E-state index in [4.69, 9.17) is 28.9 Å². The third-order valence-electron chi connectivity index (χ3n) is 3.27. The summed E-state index contributed by atoms with van der Waals surface area (Å²) in [4.78, 5) is 8.53. The molecule has 1 heterocycles. The summed E-state index contributed by atoms with van der Waals surface area (Å²) < 4.78 is 0. The number of benzene rings is 1. The van der Waals surface area contributed by atoms with E-state index in [1.54, 1.807) is 12.3 Å². The smallest absolute Gasteiger partial charge is 0.194 e. The summed E-state index contributed by atoms with van der Waals surface area (Å²) in [5.41, 5.74) is 6.73. The lowest BCUT2D eigenvalue weighted by Crippen LogP contribution is -2.28. The van der Waals surface area contributed by atoms with Gasteiger partial charge >= 0.3 is 0 Å². The van der Waals surface area contributed by atoms with Crippen LogP contribution in [0, 0.1) is 0 Å². The van der Waals surface area contributed by atoms with Crippen molar-refractivity contribution in [1.82, 2.24) is 4.98 Å². The highest BCUT2D eigenvalue weighted by Crippen LogP contribution is 2.30. The number of rotatable bonds is 4. The van der Waals surface area contributed by atoms with Gasteiger partial charge in [-0.3, -0.25) is 4.99 Å². The largest absolute Gasteiger partial charge is 0.370 e. The Hall–Kier alpha value is -1.78. The number of hydrogen-bond acceptors (Lipinski definition) is 2. The van der Waals surface area contributed by atoms with E-state index in [2.05, 4.69) is 29.1 Å². The van der Waals surface area contributed by atoms with E-state index in [0.717, 1.165) is 5.56 Å². The van der Waals surface area contributed by atoms with Gasteiger partial charge in [-0.15, -0.1) is 0 Å². The summed E-state index contributed by atoms with van der Waals surface area (Å²) in [5.74, 6) is 0.989. The standard InChI is InChI=1S/C16H18Cl2N4/c1-16(2,11-6-7-12(17)13(18)9-11)10-21-15(19)22-14-5-3-4-8-20-14/h3-9H,10H2,1-2H3,(H3,19,20,21,22). The van der Waals surface area contributed by atoms with Gasteiger partial charge < -0.3 is 11.1 Å². The second-order valence-corrected chi connectivity index (χ2v) is 6.37. The number of guanidine groups is 1. The summed E-state index contributed by atoms with van der Waals surface area (Å²) in [6.45, 7) is 4.66. The van der Waals surface area contributed by atoms with Gasteiger partial charge in [0.2, 0.25) is 0 Å². The van der Waals surface area contributed by atoms with Gasteiger partial charge in [-0.1, -0.05) is 49.2 Å². The molecular weight excluding hydrogens is 319 g/mol. The van der Waals surface area contributed by atoms with Crippen LogP contribution in [0.3, 0.4) is 0 Å². The van der Waals surface area contributed by atoms with Crippen LogP contribution in [0.4, 0.5) is 5.82 Å². The van der Waals surface area contributed by atoms with Crippen LogP contribution in [-0.4, -0.2) is 17.5 Å². The predicted molar refractivity (Wildman–Crippen MR) is 93.8 cm³/mol. The number of nitrogens with one attached hydrogen (secondary N) is 1. The molecule has 0 aliphatic carbocycles. The molecule has 0 amide bonds. The van der Waals surface area contributed by atoms with E-state index in [1.807, 2.05) is 30.3 Å². The Morgan fingerprint density at radius 3 is 2.64 bits per heavy atom. The molecule has 1 aromatic heterocycles. The van der Waals surface area contributed by atoms with E-state index in [1.165, 1.54) is 0 Å². The first-order valence-electron chi connectivity index (χ1n) is 6.82. The predicted octanol–water partition coefficient (Wildman–Crippen LogP) is 4.09. The fourth-order valence-corrected chi connectivity index (χ4v) is 2.20. The van der Waals surface area contributed by atoms with Gasteiger partial charge in [0.05, 0.1) is 16.6 Å². The Balaban J connectivity index is 2.07. The molecule has 1 aromatic carbocycles. The number of hydrogen-bond donors (Lipinski definition) is 2. The Kier molecular flexibility index (Phi) is 5.27. The van der Waals surface area contributed by atoms with Crippen molar-refractivity contribution in [2.45, 2.75) is 19.3 Å². The monoisotopic (exact) mass is 336 g/mol. The average molecular weight is 337 g/mol. The molecule has 0 atom stereocenters. The summed E-state index contributed by atoms with van der Waals surface area (Å²) >= 11 is 12.0. The van der Waals surface area contributed by atoms with Crippen LogP contribution in [0.15, 0.2) is 47.6 Å². The topological polar surface area (TPSA) is 63.3 Å². The zero-order valence-electron chi connectivity index (χ0n) is 12.5. The Morgan fingerprint density at radius 1 is 1.23 bits per heavy atom. The number of halogens is 2. The van der Waals surface area contributed by atoms with E-state index in [9.17, 15) is 0 Å². The molecule has 116 valence electrons. The van der Waals surface area contributed by atoms with E-state index >= 15 is 0 Å². The summed E-state index contributed by atoms with van der Waals surface area (Å²) in [6, 6.07) is 11.1. The van der Waals surface area contributed by atoms with E-state index in [0.29, 0.717) is 28.4 Å². The quantitative estimate of drug-likeness (QED) is 0.652. The minimum absolute atomic E-state index is 0.218. The molecule has 6 heteroatoms. The van der Waals surface area contributed by atoms with Gasteiger partial charge in [-0.2, -0.15) is 0 Å². The lowest BCUT2D eigenvalue weighted by molar-refractivity contribution is 0.540. The molecule has 0 unspecified atom stereocenters. The molecule has 2 aromatic rings. The third-order valence-corrected chi connectivity index (χ3v) is 4.01. The van der Waals surface area contributed by atoms with Crippen LogP contribution < -0.4 is 11.1 Å². The molecule has 0 saturated carbocycles. The maximum atomic E-state index is 6.08. The molecule has 0 fully saturated rings. The van der Waals surface area contributed by atoms with Crippen molar-refractivity contribution in [3.8, 4) is 0 Å². The molecule has 0 bridgehead atoms. The first-order valence-corrected chi connectivity index (χ1v) is 7.57. The fourth-order valence-electron chi connectivity index (χ4n) is 1.90. The Labute approximate surface area is 140 Å². The van der Waals surface area contributed by atoms with E-state index in [-0.39, 0.29) is 5.41 Å². The summed E-state index contributed by atoms with van der Waals surface area (Å²) in [7, 11) is 0. The van der Waals surface area contributed by atoms with Gasteiger partial charge in [0.1, 0.15) is 5.82 Å². The lowest BCUT2D eigenvalue weighted by atomic mass is 9.85. The average Bonchev–Trinajstić information content (AvgIpc) is 2.49. The molecule has 3 N–H and O–H groups in total. The van der Waals surface area contributed by atoms with Crippen molar-refractivity contribution in [3.05, 3.63) is 58.2 Å². The van der Waals surface area contributed by atoms with Crippen molar-refractivity contribution in [2.24, 2.45) is 10.7 Å². The number of pyridine rings is 1. The minimum atomic E-state index is -0.218. The van der Waals surface area contributed by atoms with Crippen molar-refractivity contribution in [3.63, 3.8) is 0 Å². The number of aromatic nitrogens is 1. The molecular formula is C16H18Cl2N4. The van der Waals surface area contributed by atoms with Crippen molar-refractivity contribution >= 4 is 35.0 Å². The second-order valence-electron chi connectivity index (χ2n) is 5.55. The summed E-state index contributed by atoms with van der Waals surface area (Å²) in [5, 5.41) is 4.04. The Bertz CT molecular complexity index is 669. The van der Waals surface area contributed by atoms with Crippen molar-refractivity contribution in [2.75, 3.05) is 11.9 Å². The lowest BCUT2D eigenvalue weighted by Gasteiger charge is -2.23. The first kappa shape index (κ1) is 16.6. The van der Waals surface area contributed by atoms with Gasteiger partial charge in [-0.25, -0.2) is 4.98 Å². The molecule has 0 spiro atoms. The highest BCUT2D eigenvalue weighted by molar-refractivity contribution is 6.42. The zero-order chi connectivity index (χ0) is 16.2. The van der Waals surface area contributed by atoms with Gasteiger partial charge in [0.25, 0.3) is 0 Å². The number of anilines is 1. The highest BCUT2D eigenvalue weighted by Gasteiger charge is 2.21. The van der Waals surface area contributed by atoms with Crippen LogP contribution in [0.2, 0.25) is 10.0 Å². The van der Waals surface area contributed by atoms with E-state index < -0.39 is 0 Å². The molecule has 22 heavy (non-hydrogen) atoms. The molecule has 2 rings (SSSR count). The van der Waals surface area contributed by atoms with Gasteiger partial charge in [0, 0.05) is 11.6 Å². The fraction of sp³-hybridized carbons (Fsp3) is 0.250.